The zero-order chi connectivity index (χ0) is 17.6. The molecule has 6 heteroatoms. The summed E-state index contributed by atoms with van der Waals surface area (Å²) in [6.07, 6.45) is 0.777. The highest BCUT2D eigenvalue weighted by atomic mass is 19.1. The fourth-order valence-electron chi connectivity index (χ4n) is 2.44. The Bertz CT molecular complexity index is 842. The molecule has 0 bridgehead atoms. The summed E-state index contributed by atoms with van der Waals surface area (Å²) in [6.45, 7) is 0.981. The van der Waals surface area contributed by atoms with Gasteiger partial charge in [-0.25, -0.2) is 4.39 Å². The number of nitrogens with zero attached hydrogens (tertiary/aromatic N) is 2. The maximum Gasteiger partial charge on any atom is 0.168 e. The normalized spacial score (nSPS) is 10.5. The van der Waals surface area contributed by atoms with Crippen molar-refractivity contribution in [1.82, 2.24) is 9.78 Å². The van der Waals surface area contributed by atoms with Gasteiger partial charge in [0, 0.05) is 12.6 Å². The zero-order valence-corrected chi connectivity index (χ0v) is 13.8. The monoisotopic (exact) mass is 339 g/mol. The first kappa shape index (κ1) is 16.7. The van der Waals surface area contributed by atoms with Crippen LogP contribution in [0.15, 0.2) is 54.6 Å². The molecule has 0 fully saturated rings. The summed E-state index contributed by atoms with van der Waals surface area (Å²) in [7, 11) is 1.62. The lowest BCUT2D eigenvalue weighted by molar-refractivity contribution is 0.111. The minimum atomic E-state index is -0.268. The van der Waals surface area contributed by atoms with Gasteiger partial charge in [0.25, 0.3) is 0 Å². The quantitative estimate of drug-likeness (QED) is 0.669. The molecule has 2 aromatic carbocycles. The highest BCUT2D eigenvalue weighted by Crippen LogP contribution is 2.15. The highest BCUT2D eigenvalue weighted by molar-refractivity contribution is 5.74. The van der Waals surface area contributed by atoms with Crippen molar-refractivity contribution < 1.29 is 13.9 Å². The molecule has 5 nitrogen and oxygen atoms in total. The van der Waals surface area contributed by atoms with E-state index >= 15 is 0 Å². The van der Waals surface area contributed by atoms with Gasteiger partial charge >= 0.3 is 0 Å². The van der Waals surface area contributed by atoms with E-state index in [1.807, 2.05) is 24.3 Å². The third-order valence-corrected chi connectivity index (χ3v) is 3.81. The molecule has 0 radical (unpaired) electrons. The number of hydrogen-bond donors (Lipinski definition) is 1. The lowest BCUT2D eigenvalue weighted by Gasteiger charge is -2.06. The average molecular weight is 339 g/mol. The lowest BCUT2D eigenvalue weighted by Crippen LogP contribution is -2.06. The third kappa shape index (κ3) is 4.23. The summed E-state index contributed by atoms with van der Waals surface area (Å²) in [4.78, 5) is 11.3. The molecule has 1 aromatic heterocycles. The topological polar surface area (TPSA) is 56.1 Å². The number of nitrogens with one attached hydrogen (secondary N) is 1. The molecule has 0 amide bonds. The first-order valence-electron chi connectivity index (χ1n) is 7.82. The Morgan fingerprint density at radius 1 is 1.12 bits per heavy atom. The maximum absolute atomic E-state index is 12.9. The van der Waals surface area contributed by atoms with E-state index in [0.717, 1.165) is 23.2 Å². The fraction of sp³-hybridized carbons (Fsp3) is 0.158. The molecule has 0 atom stereocenters. The first-order chi connectivity index (χ1) is 12.2. The van der Waals surface area contributed by atoms with Gasteiger partial charge in [-0.1, -0.05) is 24.3 Å². The number of ether oxygens (including phenoxy) is 1. The number of aldehydes is 1. The average Bonchev–Trinajstić information content (AvgIpc) is 3.04. The fourth-order valence-corrected chi connectivity index (χ4v) is 2.44. The summed E-state index contributed by atoms with van der Waals surface area (Å²) < 4.78 is 19.7. The summed E-state index contributed by atoms with van der Waals surface area (Å²) in [5, 5.41) is 7.57. The molecule has 0 saturated heterocycles. The molecule has 25 heavy (non-hydrogen) atoms. The van der Waals surface area contributed by atoms with Crippen LogP contribution >= 0.6 is 0 Å². The van der Waals surface area contributed by atoms with Crippen molar-refractivity contribution in [3.8, 4) is 5.75 Å². The summed E-state index contributed by atoms with van der Waals surface area (Å²) in [6, 6.07) is 15.5. The van der Waals surface area contributed by atoms with Crippen LogP contribution in [0.3, 0.4) is 0 Å². The molecule has 3 rings (SSSR count). The van der Waals surface area contributed by atoms with Crippen molar-refractivity contribution in [3.63, 3.8) is 0 Å². The van der Waals surface area contributed by atoms with E-state index in [0.29, 0.717) is 24.6 Å². The van der Waals surface area contributed by atoms with Crippen LogP contribution in [0.25, 0.3) is 0 Å². The Hall–Kier alpha value is -3.15. The predicted octanol–water partition coefficient (Wildman–Crippen LogP) is 3.50. The number of anilines is 1. The second kappa shape index (κ2) is 7.61. The van der Waals surface area contributed by atoms with E-state index < -0.39 is 0 Å². The molecule has 128 valence electrons. The molecular formula is C19H18FN3O2. The van der Waals surface area contributed by atoms with E-state index in [2.05, 4.69) is 10.4 Å². The molecule has 0 aliphatic carbocycles. The molecular weight excluding hydrogens is 321 g/mol. The number of carbonyl (C=O) groups excluding carboxylic acids is 1. The molecule has 1 heterocycles. The third-order valence-electron chi connectivity index (χ3n) is 3.81. The summed E-state index contributed by atoms with van der Waals surface area (Å²) in [5.41, 5.74) is 2.42. The maximum atomic E-state index is 12.9. The van der Waals surface area contributed by atoms with Gasteiger partial charge in [-0.2, -0.15) is 5.10 Å². The van der Waals surface area contributed by atoms with Crippen LogP contribution in [0.4, 0.5) is 10.2 Å². The number of benzene rings is 2. The van der Waals surface area contributed by atoms with Crippen molar-refractivity contribution in [1.29, 1.82) is 0 Å². The molecule has 0 aliphatic rings. The van der Waals surface area contributed by atoms with E-state index in [1.165, 1.54) is 12.1 Å². The van der Waals surface area contributed by atoms with Gasteiger partial charge in [0.05, 0.1) is 13.7 Å². The van der Waals surface area contributed by atoms with Crippen molar-refractivity contribution in [3.05, 3.63) is 77.2 Å². The van der Waals surface area contributed by atoms with Crippen LogP contribution in [-0.4, -0.2) is 23.2 Å². The van der Waals surface area contributed by atoms with Crippen LogP contribution < -0.4 is 10.1 Å². The van der Waals surface area contributed by atoms with Gasteiger partial charge in [-0.15, -0.1) is 0 Å². The Kier molecular flexibility index (Phi) is 5.09. The minimum Gasteiger partial charge on any atom is -0.497 e. The van der Waals surface area contributed by atoms with Gasteiger partial charge in [-0.05, 0) is 35.4 Å². The second-order valence-electron chi connectivity index (χ2n) is 5.56. The zero-order valence-electron chi connectivity index (χ0n) is 13.8. The van der Waals surface area contributed by atoms with Crippen molar-refractivity contribution in [2.45, 2.75) is 13.1 Å². The Labute approximate surface area is 145 Å². The van der Waals surface area contributed by atoms with Gasteiger partial charge in [0.15, 0.2) is 6.29 Å². The van der Waals surface area contributed by atoms with E-state index in [1.54, 1.807) is 30.0 Å². The van der Waals surface area contributed by atoms with E-state index in [-0.39, 0.29) is 5.82 Å². The number of hydrogen-bond acceptors (Lipinski definition) is 4. The van der Waals surface area contributed by atoms with Crippen LogP contribution in [0, 0.1) is 5.82 Å². The first-order valence-corrected chi connectivity index (χ1v) is 7.82. The molecule has 0 spiro atoms. The number of halogens is 1. The largest absolute Gasteiger partial charge is 0.497 e. The van der Waals surface area contributed by atoms with Gasteiger partial charge in [0.2, 0.25) is 0 Å². The lowest BCUT2D eigenvalue weighted by atomic mass is 10.2. The second-order valence-corrected chi connectivity index (χ2v) is 5.56. The Balaban J connectivity index is 1.69. The van der Waals surface area contributed by atoms with E-state index in [9.17, 15) is 9.18 Å². The minimum absolute atomic E-state index is 0.268. The molecule has 3 aromatic rings. The Morgan fingerprint density at radius 3 is 2.44 bits per heavy atom. The highest BCUT2D eigenvalue weighted by Gasteiger charge is 2.08. The SMILES string of the molecule is COc1ccc(Cn2nc(NCc3ccc(F)cc3)cc2C=O)cc1. The molecule has 0 aliphatic heterocycles. The Morgan fingerprint density at radius 2 is 1.80 bits per heavy atom. The number of aromatic nitrogens is 2. The van der Waals surface area contributed by atoms with Gasteiger partial charge in [0.1, 0.15) is 23.1 Å². The standard InChI is InChI=1S/C19H18FN3O2/c1-25-18-8-4-15(5-9-18)12-23-17(13-24)10-19(22-23)21-11-14-2-6-16(20)7-3-14/h2-10,13H,11-12H2,1H3,(H,21,22). The number of methoxy groups -OCH3 is 1. The molecule has 0 unspecified atom stereocenters. The molecule has 0 saturated carbocycles. The van der Waals surface area contributed by atoms with Gasteiger partial charge < -0.3 is 10.1 Å². The van der Waals surface area contributed by atoms with Crippen molar-refractivity contribution in [2.75, 3.05) is 12.4 Å². The number of rotatable bonds is 7. The smallest absolute Gasteiger partial charge is 0.168 e. The van der Waals surface area contributed by atoms with Crippen LogP contribution in [0.2, 0.25) is 0 Å². The van der Waals surface area contributed by atoms with Crippen LogP contribution in [0.5, 0.6) is 5.75 Å². The van der Waals surface area contributed by atoms with Gasteiger partial charge in [-0.3, -0.25) is 9.48 Å². The van der Waals surface area contributed by atoms with Crippen LogP contribution in [-0.2, 0) is 13.1 Å². The van der Waals surface area contributed by atoms with Crippen LogP contribution in [0.1, 0.15) is 21.6 Å². The van der Waals surface area contributed by atoms with Crippen molar-refractivity contribution in [2.24, 2.45) is 0 Å². The number of carbonyl (C=O) groups is 1. The predicted molar refractivity (Wildman–Crippen MR) is 93.4 cm³/mol. The molecule has 1 N–H and O–H groups in total. The van der Waals surface area contributed by atoms with E-state index in [4.69, 9.17) is 4.74 Å². The summed E-state index contributed by atoms with van der Waals surface area (Å²) >= 11 is 0. The van der Waals surface area contributed by atoms with Crippen molar-refractivity contribution >= 4 is 12.1 Å². The summed E-state index contributed by atoms with van der Waals surface area (Å²) in [5.74, 6) is 1.11.